The molecule has 116 valence electrons. The molecule has 0 saturated heterocycles. The smallest absolute Gasteiger partial charge is 0.265 e. The fourth-order valence-corrected chi connectivity index (χ4v) is 2.66. The molecule has 0 bridgehead atoms. The number of carbonyl (C=O) groups excluding carboxylic acids is 1. The molecule has 0 aliphatic rings. The molecule has 23 heavy (non-hydrogen) atoms. The average molecular weight is 304 g/mol. The Morgan fingerprint density at radius 1 is 0.913 bits per heavy atom. The fraction of sp³-hybridized carbons (Fsp3) is 0.150. The largest absolute Gasteiger partial charge is 0.287 e. The first-order valence-corrected chi connectivity index (χ1v) is 7.87. The Balaban J connectivity index is 1.72. The van der Waals surface area contributed by atoms with Crippen LogP contribution in [0.5, 0.6) is 0 Å². The van der Waals surface area contributed by atoms with Crippen LogP contribution in [0.15, 0.2) is 72.8 Å². The highest BCUT2D eigenvalue weighted by atomic mass is 16.2. The van der Waals surface area contributed by atoms with E-state index >= 15 is 0 Å². The summed E-state index contributed by atoms with van der Waals surface area (Å²) in [4.78, 5) is 12.1. The Morgan fingerprint density at radius 2 is 1.61 bits per heavy atom. The van der Waals surface area contributed by atoms with Gasteiger partial charge in [0, 0.05) is 5.56 Å². The molecule has 3 heteroatoms. The van der Waals surface area contributed by atoms with Gasteiger partial charge in [0.05, 0.1) is 6.04 Å². The summed E-state index contributed by atoms with van der Waals surface area (Å²) in [6.07, 6.45) is 0.882. The number of amides is 1. The third-order valence-corrected chi connectivity index (χ3v) is 3.98. The van der Waals surface area contributed by atoms with Gasteiger partial charge >= 0.3 is 0 Å². The molecule has 0 spiro atoms. The van der Waals surface area contributed by atoms with E-state index in [9.17, 15) is 4.79 Å². The average Bonchev–Trinajstić information content (AvgIpc) is 2.62. The Labute approximate surface area is 136 Å². The first-order chi connectivity index (χ1) is 11.3. The van der Waals surface area contributed by atoms with Crippen LogP contribution in [0.4, 0.5) is 0 Å². The molecule has 3 nitrogen and oxygen atoms in total. The molecule has 3 rings (SSSR count). The van der Waals surface area contributed by atoms with Gasteiger partial charge in [-0.15, -0.1) is 0 Å². The molecule has 0 aliphatic carbocycles. The maximum Gasteiger partial charge on any atom is 0.265 e. The Hall–Kier alpha value is -2.65. The van der Waals surface area contributed by atoms with Gasteiger partial charge in [0.2, 0.25) is 0 Å². The van der Waals surface area contributed by atoms with E-state index in [1.807, 2.05) is 30.3 Å². The number of hydrazine groups is 1. The van der Waals surface area contributed by atoms with Crippen molar-refractivity contribution in [2.24, 2.45) is 0 Å². The minimum Gasteiger partial charge on any atom is -0.287 e. The summed E-state index contributed by atoms with van der Waals surface area (Å²) in [6, 6.07) is 24.0. The molecular formula is C20H20N2O. The number of hydrogen-bond acceptors (Lipinski definition) is 2. The van der Waals surface area contributed by atoms with Gasteiger partial charge in [-0.3, -0.25) is 10.2 Å². The van der Waals surface area contributed by atoms with Crippen LogP contribution in [0, 0.1) is 0 Å². The topological polar surface area (TPSA) is 41.1 Å². The lowest BCUT2D eigenvalue weighted by Gasteiger charge is -2.18. The lowest BCUT2D eigenvalue weighted by molar-refractivity contribution is 0.0924. The molecule has 3 aromatic rings. The minimum atomic E-state index is -0.121. The molecule has 2 N–H and O–H groups in total. The molecule has 0 fully saturated rings. The van der Waals surface area contributed by atoms with Gasteiger partial charge in [0.25, 0.3) is 5.91 Å². The summed E-state index contributed by atoms with van der Waals surface area (Å²) in [5.74, 6) is -0.121. The van der Waals surface area contributed by atoms with E-state index in [0.717, 1.165) is 6.42 Å². The highest BCUT2D eigenvalue weighted by Crippen LogP contribution is 2.22. The van der Waals surface area contributed by atoms with E-state index in [1.54, 1.807) is 12.1 Å². The van der Waals surface area contributed by atoms with Crippen molar-refractivity contribution < 1.29 is 4.79 Å². The second-order valence-corrected chi connectivity index (χ2v) is 5.53. The van der Waals surface area contributed by atoms with Crippen molar-refractivity contribution >= 4 is 16.7 Å². The lowest BCUT2D eigenvalue weighted by Crippen LogP contribution is -2.39. The monoisotopic (exact) mass is 304 g/mol. The first-order valence-electron chi connectivity index (χ1n) is 7.87. The summed E-state index contributed by atoms with van der Waals surface area (Å²) >= 11 is 0. The van der Waals surface area contributed by atoms with Crippen LogP contribution >= 0.6 is 0 Å². The van der Waals surface area contributed by atoms with Crippen LogP contribution in [0.3, 0.4) is 0 Å². The molecule has 3 aromatic carbocycles. The lowest BCUT2D eigenvalue weighted by atomic mass is 10.0. The van der Waals surface area contributed by atoms with E-state index in [2.05, 4.69) is 48.1 Å². The summed E-state index contributed by atoms with van der Waals surface area (Å²) < 4.78 is 0. The second kappa shape index (κ2) is 7.07. The van der Waals surface area contributed by atoms with E-state index in [4.69, 9.17) is 0 Å². The molecule has 0 radical (unpaired) electrons. The minimum absolute atomic E-state index is 0.0762. The number of benzene rings is 3. The molecule has 0 heterocycles. The van der Waals surface area contributed by atoms with Gasteiger partial charge in [0.15, 0.2) is 0 Å². The van der Waals surface area contributed by atoms with Crippen molar-refractivity contribution in [3.8, 4) is 0 Å². The Kier molecular flexibility index (Phi) is 4.69. The normalized spacial score (nSPS) is 12.0. The Morgan fingerprint density at radius 3 is 2.35 bits per heavy atom. The van der Waals surface area contributed by atoms with Crippen LogP contribution in [0.25, 0.3) is 10.8 Å². The van der Waals surface area contributed by atoms with Crippen molar-refractivity contribution in [2.75, 3.05) is 0 Å². The molecule has 0 aromatic heterocycles. The summed E-state index contributed by atoms with van der Waals surface area (Å²) in [5, 5.41) is 2.43. The third kappa shape index (κ3) is 3.58. The first kappa shape index (κ1) is 15.3. The Bertz CT molecular complexity index is 799. The zero-order valence-electron chi connectivity index (χ0n) is 13.1. The SMILES string of the molecule is CC[C@H](NNC(=O)c1ccccc1)c1ccc2ccccc2c1. The van der Waals surface area contributed by atoms with Crippen LogP contribution in [-0.2, 0) is 0 Å². The van der Waals surface area contributed by atoms with Gasteiger partial charge < -0.3 is 0 Å². The molecule has 0 aliphatic heterocycles. The number of nitrogens with one attached hydrogen (secondary N) is 2. The van der Waals surface area contributed by atoms with Gasteiger partial charge in [-0.25, -0.2) is 5.43 Å². The zero-order chi connectivity index (χ0) is 16.1. The van der Waals surface area contributed by atoms with Crippen molar-refractivity contribution in [3.05, 3.63) is 83.9 Å². The van der Waals surface area contributed by atoms with Gasteiger partial charge in [-0.2, -0.15) is 0 Å². The summed E-state index contributed by atoms with van der Waals surface area (Å²) in [5.41, 5.74) is 7.77. The van der Waals surface area contributed by atoms with Crippen molar-refractivity contribution in [1.82, 2.24) is 10.9 Å². The van der Waals surface area contributed by atoms with E-state index in [-0.39, 0.29) is 11.9 Å². The standard InChI is InChI=1S/C20H20N2O/c1-2-19(21-22-20(23)16-9-4-3-5-10-16)18-13-12-15-8-6-7-11-17(15)14-18/h3-14,19,21H,2H2,1H3,(H,22,23)/t19-/m0/s1. The van der Waals surface area contributed by atoms with E-state index in [1.165, 1.54) is 16.3 Å². The van der Waals surface area contributed by atoms with Crippen LogP contribution < -0.4 is 10.9 Å². The van der Waals surface area contributed by atoms with Crippen molar-refractivity contribution in [2.45, 2.75) is 19.4 Å². The molecule has 0 unspecified atom stereocenters. The van der Waals surface area contributed by atoms with Crippen molar-refractivity contribution in [3.63, 3.8) is 0 Å². The zero-order valence-corrected chi connectivity index (χ0v) is 13.1. The number of rotatable bonds is 5. The predicted octanol–water partition coefficient (Wildman–Crippen LogP) is 4.23. The number of fused-ring (bicyclic) bond motifs is 1. The molecule has 1 amide bonds. The summed E-state index contributed by atoms with van der Waals surface area (Å²) in [7, 11) is 0. The third-order valence-electron chi connectivity index (χ3n) is 3.98. The maximum absolute atomic E-state index is 12.1. The van der Waals surface area contributed by atoms with E-state index in [0.29, 0.717) is 5.56 Å². The quantitative estimate of drug-likeness (QED) is 0.693. The molecule has 0 saturated carbocycles. The number of carbonyl (C=O) groups is 1. The molecular weight excluding hydrogens is 284 g/mol. The maximum atomic E-state index is 12.1. The highest BCUT2D eigenvalue weighted by Gasteiger charge is 2.11. The van der Waals surface area contributed by atoms with Crippen molar-refractivity contribution in [1.29, 1.82) is 0 Å². The number of hydrogen-bond donors (Lipinski definition) is 2. The highest BCUT2D eigenvalue weighted by molar-refractivity contribution is 5.93. The summed E-state index contributed by atoms with van der Waals surface area (Å²) in [6.45, 7) is 2.10. The van der Waals surface area contributed by atoms with Gasteiger partial charge in [0.1, 0.15) is 0 Å². The van der Waals surface area contributed by atoms with Crippen LogP contribution in [-0.4, -0.2) is 5.91 Å². The van der Waals surface area contributed by atoms with Crippen LogP contribution in [0.1, 0.15) is 35.3 Å². The van der Waals surface area contributed by atoms with Crippen LogP contribution in [0.2, 0.25) is 0 Å². The van der Waals surface area contributed by atoms with Gasteiger partial charge in [-0.05, 0) is 41.0 Å². The van der Waals surface area contributed by atoms with Gasteiger partial charge in [-0.1, -0.05) is 61.5 Å². The van der Waals surface area contributed by atoms with E-state index < -0.39 is 0 Å². The predicted molar refractivity (Wildman–Crippen MR) is 94.0 cm³/mol. The molecule has 1 atom stereocenters. The second-order valence-electron chi connectivity index (χ2n) is 5.53. The fourth-order valence-electron chi connectivity index (χ4n) is 2.66.